The molecule has 0 spiro atoms. The minimum atomic E-state index is -1.97. The van der Waals surface area contributed by atoms with Gasteiger partial charge in [0.15, 0.2) is 18.9 Å². The van der Waals surface area contributed by atoms with Crippen molar-refractivity contribution in [1.29, 1.82) is 0 Å². The van der Waals surface area contributed by atoms with E-state index in [9.17, 15) is 61.0 Å². The van der Waals surface area contributed by atoms with Crippen molar-refractivity contribution in [2.75, 3.05) is 26.4 Å². The Morgan fingerprint density at radius 3 is 1.06 bits per heavy atom. The van der Waals surface area contributed by atoms with Gasteiger partial charge in [0.2, 0.25) is 5.91 Å². The van der Waals surface area contributed by atoms with Crippen molar-refractivity contribution >= 4 is 5.91 Å². The highest BCUT2D eigenvalue weighted by Gasteiger charge is 2.54. The number of carbonyl (C=O) groups excluding carboxylic acids is 1. The van der Waals surface area contributed by atoms with Crippen molar-refractivity contribution in [3.05, 3.63) is 60.8 Å². The molecule has 3 saturated heterocycles. The maximum atomic E-state index is 13.5. The molecule has 3 aliphatic heterocycles. The lowest BCUT2D eigenvalue weighted by molar-refractivity contribution is -0.379. The molecule has 596 valence electrons. The molecule has 0 aromatic rings. The molecule has 0 aromatic heterocycles. The third-order valence-corrected chi connectivity index (χ3v) is 20.6. The summed E-state index contributed by atoms with van der Waals surface area (Å²) in [7, 11) is 0. The van der Waals surface area contributed by atoms with E-state index >= 15 is 0 Å². The Bertz CT molecular complexity index is 2080. The zero-order chi connectivity index (χ0) is 73.9. The van der Waals surface area contributed by atoms with E-state index in [-0.39, 0.29) is 18.9 Å². The second-order valence-corrected chi connectivity index (χ2v) is 29.6. The summed E-state index contributed by atoms with van der Waals surface area (Å²) in [6, 6.07) is -0.889. The first kappa shape index (κ1) is 93.7. The van der Waals surface area contributed by atoms with Gasteiger partial charge < -0.3 is 89.9 Å². The van der Waals surface area contributed by atoms with Crippen molar-refractivity contribution in [2.24, 2.45) is 0 Å². The van der Waals surface area contributed by atoms with Gasteiger partial charge in [-0.05, 0) is 57.8 Å². The van der Waals surface area contributed by atoms with Crippen LogP contribution >= 0.6 is 0 Å². The molecule has 0 aromatic carbocycles. The molecule has 102 heavy (non-hydrogen) atoms. The Morgan fingerprint density at radius 2 is 0.676 bits per heavy atom. The molecule has 17 unspecified atom stereocenters. The summed E-state index contributed by atoms with van der Waals surface area (Å²) in [5.74, 6) is -0.238. The number of unbranched alkanes of at least 4 members (excludes halogenated alkanes) is 40. The van der Waals surface area contributed by atoms with E-state index in [1.165, 1.54) is 218 Å². The topological polar surface area (TPSA) is 307 Å². The molecule has 3 rings (SSSR count). The second kappa shape index (κ2) is 63.4. The lowest BCUT2D eigenvalue weighted by Gasteiger charge is -2.48. The minimum Gasteiger partial charge on any atom is -0.394 e. The number of allylic oxidation sites excluding steroid dienone is 10. The van der Waals surface area contributed by atoms with Crippen molar-refractivity contribution in [1.82, 2.24) is 5.32 Å². The number of aliphatic hydroxyl groups excluding tert-OH is 11. The van der Waals surface area contributed by atoms with Crippen LogP contribution in [0.25, 0.3) is 0 Å². The number of amides is 1. The Kier molecular flexibility index (Phi) is 58.3. The largest absolute Gasteiger partial charge is 0.394 e. The minimum absolute atomic E-state index is 0.238. The fourth-order valence-electron chi connectivity index (χ4n) is 14.0. The quantitative estimate of drug-likeness (QED) is 0.0199. The molecule has 0 saturated carbocycles. The van der Waals surface area contributed by atoms with E-state index in [1.807, 2.05) is 0 Å². The Morgan fingerprint density at radius 1 is 0.363 bits per heavy atom. The fraction of sp³-hybridized carbons (Fsp3) is 0.867. The molecule has 0 aliphatic carbocycles. The van der Waals surface area contributed by atoms with E-state index in [4.69, 9.17) is 28.4 Å². The van der Waals surface area contributed by atoms with Gasteiger partial charge >= 0.3 is 0 Å². The van der Waals surface area contributed by atoms with Crippen LogP contribution in [0.3, 0.4) is 0 Å². The Labute approximate surface area is 617 Å². The van der Waals surface area contributed by atoms with Crippen molar-refractivity contribution in [3.8, 4) is 0 Å². The number of hydrogen-bond acceptors (Lipinski definition) is 18. The number of nitrogens with one attached hydrogen (secondary N) is 1. The Balaban J connectivity index is 1.33. The summed E-state index contributed by atoms with van der Waals surface area (Å²) in [5, 5.41) is 121. The molecular formula is C83H151NO18. The molecule has 17 atom stereocenters. The van der Waals surface area contributed by atoms with E-state index in [0.29, 0.717) is 12.8 Å². The summed E-state index contributed by atoms with van der Waals surface area (Å²) in [5.41, 5.74) is 0. The van der Waals surface area contributed by atoms with Crippen molar-refractivity contribution in [3.63, 3.8) is 0 Å². The molecule has 19 nitrogen and oxygen atoms in total. The second-order valence-electron chi connectivity index (χ2n) is 29.6. The average Bonchev–Trinajstić information content (AvgIpc) is 0.781. The molecule has 19 heteroatoms. The van der Waals surface area contributed by atoms with Gasteiger partial charge in [-0.15, -0.1) is 0 Å². The van der Waals surface area contributed by atoms with E-state index in [2.05, 4.69) is 79.9 Å². The number of aliphatic hydroxyl groups is 11. The molecule has 1 amide bonds. The van der Waals surface area contributed by atoms with E-state index in [1.54, 1.807) is 0 Å². The van der Waals surface area contributed by atoms with Crippen LogP contribution in [0, 0.1) is 0 Å². The SMILES string of the molecule is CC/C=C\C/C=C\C/C=C\C/C=C\C/C=C\CCCCCCCCCCCCCCCCCCCCCC(=O)NC(COC1OC(CO)C(OC2OC(CO)C(OC3OC(CO)C(O)C(O)C3O)C(O)C2O)C(O)C1O)C(O)CCCCCCCCCCCCCCCCCCCCCCCC. The van der Waals surface area contributed by atoms with Gasteiger partial charge in [-0.25, -0.2) is 0 Å². The number of ether oxygens (including phenoxy) is 6. The predicted molar refractivity (Wildman–Crippen MR) is 406 cm³/mol. The van der Waals surface area contributed by atoms with Crippen LogP contribution in [-0.4, -0.2) is 193 Å². The van der Waals surface area contributed by atoms with Crippen LogP contribution in [0.2, 0.25) is 0 Å². The van der Waals surface area contributed by atoms with Gasteiger partial charge in [0.1, 0.15) is 73.2 Å². The molecule has 0 bridgehead atoms. The van der Waals surface area contributed by atoms with Crippen LogP contribution in [0.4, 0.5) is 0 Å². The molecule has 3 fully saturated rings. The van der Waals surface area contributed by atoms with Gasteiger partial charge in [0, 0.05) is 6.42 Å². The van der Waals surface area contributed by atoms with Crippen LogP contribution in [-0.2, 0) is 33.2 Å². The predicted octanol–water partition coefficient (Wildman–Crippen LogP) is 14.2. The standard InChI is InChI=1S/C83H151NO18/c1-3-5-7-9-11-13-15-17-19-21-23-25-27-28-29-30-31-32-33-34-35-36-37-38-39-41-43-45-47-49-51-53-55-57-59-61-71(89)84-66(67(88)60-58-56-54-52-50-48-46-44-42-40-26-24-22-20-18-16-14-12-10-8-6-4-2)65-97-81-77(95)74(92)79(69(63-86)99-81)102-83-78(96)75(93)80(70(64-87)100-83)101-82-76(94)73(91)72(90)68(62-85)98-82/h5,7,11,13,17,19,23,25,28-29,66-70,72-83,85-88,90-96H,3-4,6,8-10,12,14-16,18,20-22,24,26-27,30-65H2,1-2H3,(H,84,89)/b7-5-,13-11-,19-17-,25-23-,29-28-. The molecule has 0 radical (unpaired) electrons. The number of hydrogen-bond donors (Lipinski definition) is 12. The van der Waals surface area contributed by atoms with Gasteiger partial charge in [-0.3, -0.25) is 4.79 Å². The smallest absolute Gasteiger partial charge is 0.220 e. The molecule has 3 aliphatic rings. The van der Waals surface area contributed by atoms with E-state index in [0.717, 1.165) is 77.0 Å². The van der Waals surface area contributed by atoms with Crippen LogP contribution in [0.5, 0.6) is 0 Å². The average molecular weight is 1450 g/mol. The zero-order valence-corrected chi connectivity index (χ0v) is 63.8. The highest BCUT2D eigenvalue weighted by Crippen LogP contribution is 2.33. The summed E-state index contributed by atoms with van der Waals surface area (Å²) >= 11 is 0. The van der Waals surface area contributed by atoms with Gasteiger partial charge in [-0.2, -0.15) is 0 Å². The van der Waals surface area contributed by atoms with Crippen LogP contribution in [0.15, 0.2) is 60.8 Å². The zero-order valence-electron chi connectivity index (χ0n) is 63.8. The van der Waals surface area contributed by atoms with Crippen LogP contribution < -0.4 is 5.32 Å². The van der Waals surface area contributed by atoms with Gasteiger partial charge in [-0.1, -0.05) is 325 Å². The summed E-state index contributed by atoms with van der Waals surface area (Å²) in [6.07, 6.45) is 54.5. The summed E-state index contributed by atoms with van der Waals surface area (Å²) < 4.78 is 34.5. The maximum absolute atomic E-state index is 13.5. The Hall–Kier alpha value is -2.51. The third kappa shape index (κ3) is 42.9. The van der Waals surface area contributed by atoms with Gasteiger partial charge in [0.05, 0.1) is 38.6 Å². The van der Waals surface area contributed by atoms with E-state index < -0.39 is 124 Å². The highest BCUT2D eigenvalue weighted by atomic mass is 16.8. The molecule has 3 heterocycles. The number of rotatable bonds is 66. The maximum Gasteiger partial charge on any atom is 0.220 e. The summed E-state index contributed by atoms with van der Waals surface area (Å²) in [6.45, 7) is 1.73. The highest BCUT2D eigenvalue weighted by molar-refractivity contribution is 5.76. The lowest BCUT2D eigenvalue weighted by Crippen LogP contribution is -2.66. The summed E-state index contributed by atoms with van der Waals surface area (Å²) in [4.78, 5) is 13.5. The first-order valence-electron chi connectivity index (χ1n) is 41.5. The monoisotopic (exact) mass is 1450 g/mol. The molecular weight excluding hydrogens is 1300 g/mol. The first-order valence-corrected chi connectivity index (χ1v) is 41.5. The van der Waals surface area contributed by atoms with Crippen molar-refractivity contribution < 1.29 is 89.4 Å². The fourth-order valence-corrected chi connectivity index (χ4v) is 14.0. The first-order chi connectivity index (χ1) is 49.8. The number of carbonyl (C=O) groups is 1. The lowest BCUT2D eigenvalue weighted by atomic mass is 9.96. The van der Waals surface area contributed by atoms with Crippen LogP contribution in [0.1, 0.15) is 328 Å². The normalized spacial score (nSPS) is 26.5. The molecule has 12 N–H and O–H groups in total. The van der Waals surface area contributed by atoms with Crippen molar-refractivity contribution in [2.45, 2.75) is 433 Å². The van der Waals surface area contributed by atoms with Gasteiger partial charge in [0.25, 0.3) is 0 Å². The third-order valence-electron chi connectivity index (χ3n) is 20.6.